The third kappa shape index (κ3) is 3.32. The SMILES string of the molecule is CCn1ncc(C(=O)NC(C)c2ccc(C)s2)c1C(F)(F)F. The van der Waals surface area contributed by atoms with E-state index in [2.05, 4.69) is 10.4 Å². The molecule has 0 fully saturated rings. The summed E-state index contributed by atoms with van der Waals surface area (Å²) >= 11 is 1.49. The van der Waals surface area contributed by atoms with Crippen molar-refractivity contribution in [3.05, 3.63) is 39.3 Å². The second-order valence-corrected chi connectivity index (χ2v) is 6.18. The number of carbonyl (C=O) groups excluding carboxylic acids is 1. The van der Waals surface area contributed by atoms with Gasteiger partial charge in [-0.15, -0.1) is 11.3 Å². The van der Waals surface area contributed by atoms with Crippen molar-refractivity contribution in [2.24, 2.45) is 0 Å². The van der Waals surface area contributed by atoms with Crippen LogP contribution in [0.2, 0.25) is 0 Å². The van der Waals surface area contributed by atoms with E-state index in [9.17, 15) is 18.0 Å². The summed E-state index contributed by atoms with van der Waals surface area (Å²) in [4.78, 5) is 14.1. The van der Waals surface area contributed by atoms with E-state index in [1.54, 1.807) is 13.8 Å². The number of halogens is 3. The lowest BCUT2D eigenvalue weighted by atomic mass is 10.2. The predicted molar refractivity (Wildman–Crippen MR) is 77.8 cm³/mol. The van der Waals surface area contributed by atoms with Crippen LogP contribution in [0.15, 0.2) is 18.3 Å². The standard InChI is InChI=1S/C14H16F3N3OS/c1-4-20-12(14(15,16)17)10(7-18-20)13(21)19-9(3)11-6-5-8(2)22-11/h5-7,9H,4H2,1-3H3,(H,19,21). The average Bonchev–Trinajstić information content (AvgIpc) is 3.03. The quantitative estimate of drug-likeness (QED) is 0.927. The molecule has 0 saturated heterocycles. The van der Waals surface area contributed by atoms with Crippen molar-refractivity contribution in [3.63, 3.8) is 0 Å². The van der Waals surface area contributed by atoms with Crippen molar-refractivity contribution in [2.45, 2.75) is 39.5 Å². The zero-order valence-electron chi connectivity index (χ0n) is 12.4. The second kappa shape index (κ2) is 6.12. The summed E-state index contributed by atoms with van der Waals surface area (Å²) in [6.45, 7) is 5.25. The minimum absolute atomic E-state index is 0.0434. The summed E-state index contributed by atoms with van der Waals surface area (Å²) in [5, 5.41) is 6.24. The Balaban J connectivity index is 2.25. The number of alkyl halides is 3. The zero-order valence-corrected chi connectivity index (χ0v) is 13.2. The van der Waals surface area contributed by atoms with Gasteiger partial charge in [0.2, 0.25) is 0 Å². The van der Waals surface area contributed by atoms with E-state index >= 15 is 0 Å². The molecule has 2 aromatic heterocycles. The van der Waals surface area contributed by atoms with Crippen LogP contribution in [-0.2, 0) is 12.7 Å². The monoisotopic (exact) mass is 331 g/mol. The van der Waals surface area contributed by atoms with Crippen molar-refractivity contribution in [2.75, 3.05) is 0 Å². The Morgan fingerprint density at radius 3 is 2.64 bits per heavy atom. The molecule has 2 aromatic rings. The Morgan fingerprint density at radius 1 is 1.45 bits per heavy atom. The van der Waals surface area contributed by atoms with Gasteiger partial charge in [-0.1, -0.05) is 0 Å². The molecule has 8 heteroatoms. The van der Waals surface area contributed by atoms with Crippen LogP contribution in [0.4, 0.5) is 13.2 Å². The minimum Gasteiger partial charge on any atom is -0.345 e. The van der Waals surface area contributed by atoms with Gasteiger partial charge in [0.25, 0.3) is 5.91 Å². The lowest BCUT2D eigenvalue weighted by molar-refractivity contribution is -0.144. The van der Waals surface area contributed by atoms with E-state index in [4.69, 9.17) is 0 Å². The molecule has 4 nitrogen and oxygen atoms in total. The molecule has 0 bridgehead atoms. The molecule has 22 heavy (non-hydrogen) atoms. The van der Waals surface area contributed by atoms with Crippen molar-refractivity contribution >= 4 is 17.2 Å². The molecule has 1 N–H and O–H groups in total. The molecule has 0 radical (unpaired) electrons. The Bertz CT molecular complexity index is 675. The van der Waals surface area contributed by atoms with Gasteiger partial charge in [0.1, 0.15) is 0 Å². The number of nitrogens with one attached hydrogen (secondary N) is 1. The highest BCUT2D eigenvalue weighted by atomic mass is 32.1. The van der Waals surface area contributed by atoms with Gasteiger partial charge >= 0.3 is 6.18 Å². The molecule has 0 aliphatic rings. The van der Waals surface area contributed by atoms with Crippen LogP contribution >= 0.6 is 11.3 Å². The largest absolute Gasteiger partial charge is 0.433 e. The average molecular weight is 331 g/mol. The fourth-order valence-electron chi connectivity index (χ4n) is 2.12. The number of aromatic nitrogens is 2. The molecule has 1 atom stereocenters. The fraction of sp³-hybridized carbons (Fsp3) is 0.429. The molecule has 2 heterocycles. The van der Waals surface area contributed by atoms with Crippen LogP contribution in [-0.4, -0.2) is 15.7 Å². The first-order valence-electron chi connectivity index (χ1n) is 6.74. The first kappa shape index (κ1) is 16.5. The summed E-state index contributed by atoms with van der Waals surface area (Å²) in [6, 6.07) is 3.39. The highest BCUT2D eigenvalue weighted by molar-refractivity contribution is 7.12. The van der Waals surface area contributed by atoms with Crippen LogP contribution in [0.25, 0.3) is 0 Å². The van der Waals surface area contributed by atoms with Crippen molar-refractivity contribution < 1.29 is 18.0 Å². The number of thiophene rings is 1. The third-order valence-corrected chi connectivity index (χ3v) is 4.37. The van der Waals surface area contributed by atoms with Gasteiger partial charge in [0.05, 0.1) is 17.8 Å². The Hall–Kier alpha value is -1.83. The minimum atomic E-state index is -4.62. The summed E-state index contributed by atoms with van der Waals surface area (Å²) in [5.74, 6) is -0.773. The van der Waals surface area contributed by atoms with Crippen LogP contribution in [0.3, 0.4) is 0 Å². The molecule has 0 aromatic carbocycles. The maximum atomic E-state index is 13.1. The van der Waals surface area contributed by atoms with Gasteiger partial charge in [-0.05, 0) is 32.9 Å². The molecular formula is C14H16F3N3OS. The third-order valence-electron chi connectivity index (χ3n) is 3.19. The van der Waals surface area contributed by atoms with E-state index in [0.29, 0.717) is 0 Å². The summed E-state index contributed by atoms with van der Waals surface area (Å²) in [7, 11) is 0. The van der Waals surface area contributed by atoms with Crippen molar-refractivity contribution in [3.8, 4) is 0 Å². The number of nitrogens with zero attached hydrogens (tertiary/aromatic N) is 2. The molecule has 1 amide bonds. The van der Waals surface area contributed by atoms with Crippen LogP contribution in [0, 0.1) is 6.92 Å². The first-order chi connectivity index (χ1) is 10.2. The van der Waals surface area contributed by atoms with Crippen LogP contribution < -0.4 is 5.32 Å². The zero-order chi connectivity index (χ0) is 16.5. The topological polar surface area (TPSA) is 46.9 Å². The van der Waals surface area contributed by atoms with E-state index in [1.165, 1.54) is 11.3 Å². The van der Waals surface area contributed by atoms with E-state index in [-0.39, 0.29) is 12.6 Å². The summed E-state index contributed by atoms with van der Waals surface area (Å²) < 4.78 is 40.1. The lowest BCUT2D eigenvalue weighted by Gasteiger charge is -2.14. The molecule has 120 valence electrons. The lowest BCUT2D eigenvalue weighted by Crippen LogP contribution is -2.28. The maximum Gasteiger partial charge on any atom is 0.433 e. The number of hydrogen-bond donors (Lipinski definition) is 1. The number of aryl methyl sites for hydroxylation is 2. The maximum absolute atomic E-state index is 13.1. The number of rotatable bonds is 4. The van der Waals surface area contributed by atoms with Gasteiger partial charge in [0.15, 0.2) is 5.69 Å². The molecule has 0 saturated carbocycles. The van der Waals surface area contributed by atoms with Gasteiger partial charge in [-0.25, -0.2) is 0 Å². The molecule has 0 spiro atoms. The Labute approximate surface area is 129 Å². The first-order valence-corrected chi connectivity index (χ1v) is 7.56. The predicted octanol–water partition coefficient (Wildman–Crippen LogP) is 3.78. The Morgan fingerprint density at radius 2 is 2.14 bits per heavy atom. The summed E-state index contributed by atoms with van der Waals surface area (Å²) in [6.07, 6.45) is -3.66. The Kier molecular flexibility index (Phi) is 4.60. The number of hydrogen-bond acceptors (Lipinski definition) is 3. The molecule has 1 unspecified atom stereocenters. The van der Waals surface area contributed by atoms with Crippen molar-refractivity contribution in [1.82, 2.24) is 15.1 Å². The normalized spacial score (nSPS) is 13.2. The van der Waals surface area contributed by atoms with Gasteiger partial charge in [-0.3, -0.25) is 9.48 Å². The molecule has 2 rings (SSSR count). The van der Waals surface area contributed by atoms with Crippen molar-refractivity contribution in [1.29, 1.82) is 0 Å². The second-order valence-electron chi connectivity index (χ2n) is 4.86. The van der Waals surface area contributed by atoms with Gasteiger partial charge < -0.3 is 5.32 Å². The van der Waals surface area contributed by atoms with E-state index in [1.807, 2.05) is 19.1 Å². The smallest absolute Gasteiger partial charge is 0.345 e. The number of amides is 1. The van der Waals surface area contributed by atoms with Crippen LogP contribution in [0.5, 0.6) is 0 Å². The highest BCUT2D eigenvalue weighted by Gasteiger charge is 2.39. The van der Waals surface area contributed by atoms with Gasteiger partial charge in [0, 0.05) is 16.3 Å². The van der Waals surface area contributed by atoms with E-state index < -0.39 is 23.3 Å². The van der Waals surface area contributed by atoms with E-state index in [0.717, 1.165) is 20.6 Å². The molecule has 0 aliphatic heterocycles. The van der Waals surface area contributed by atoms with Crippen LogP contribution in [0.1, 0.15) is 45.7 Å². The highest BCUT2D eigenvalue weighted by Crippen LogP contribution is 2.32. The summed E-state index contributed by atoms with van der Waals surface area (Å²) in [5.41, 5.74) is -1.46. The number of carbonyl (C=O) groups is 1. The molecule has 0 aliphatic carbocycles. The molecular weight excluding hydrogens is 315 g/mol. The fourth-order valence-corrected chi connectivity index (χ4v) is 3.00. The van der Waals surface area contributed by atoms with Gasteiger partial charge in [-0.2, -0.15) is 18.3 Å².